The molecule has 1 N–H and O–H groups in total. The Bertz CT molecular complexity index is 1140. The molecule has 3 aromatic rings. The van der Waals surface area contributed by atoms with Crippen LogP contribution in [0, 0.1) is 0 Å². The summed E-state index contributed by atoms with van der Waals surface area (Å²) in [7, 11) is 1.66. The van der Waals surface area contributed by atoms with Gasteiger partial charge in [-0.2, -0.15) is 4.98 Å². The molecule has 2 atom stereocenters. The van der Waals surface area contributed by atoms with Crippen molar-refractivity contribution < 1.29 is 14.0 Å². The van der Waals surface area contributed by atoms with Crippen molar-refractivity contribution in [1.29, 1.82) is 0 Å². The molecule has 9 heteroatoms. The zero-order valence-corrected chi connectivity index (χ0v) is 19.5. The molecule has 1 saturated heterocycles. The molecular weight excluding hydrogens is 444 g/mol. The summed E-state index contributed by atoms with van der Waals surface area (Å²) in [5, 5.41) is 10.4. The number of hydrogen-bond acceptors (Lipinski definition) is 7. The molecule has 2 aromatic heterocycles. The van der Waals surface area contributed by atoms with Crippen molar-refractivity contribution in [2.45, 2.75) is 31.9 Å². The fourth-order valence-electron chi connectivity index (χ4n) is 4.18. The van der Waals surface area contributed by atoms with Crippen LogP contribution in [0.1, 0.15) is 37.3 Å². The van der Waals surface area contributed by atoms with E-state index in [-0.39, 0.29) is 12.1 Å². The van der Waals surface area contributed by atoms with Crippen molar-refractivity contribution in [2.24, 2.45) is 0 Å². The molecule has 2 unspecified atom stereocenters. The first-order valence-electron chi connectivity index (χ1n) is 10.6. The summed E-state index contributed by atoms with van der Waals surface area (Å²) in [6.07, 6.45) is 2.27. The summed E-state index contributed by atoms with van der Waals surface area (Å²) in [5.41, 5.74) is 2.90. The molecular formula is C23H24N4O3S2. The predicted octanol–water partition coefficient (Wildman–Crippen LogP) is 4.65. The van der Waals surface area contributed by atoms with E-state index in [9.17, 15) is 0 Å². The number of aromatic nitrogens is 2. The average molecular weight is 469 g/mol. The van der Waals surface area contributed by atoms with Crippen molar-refractivity contribution >= 4 is 34.2 Å². The second kappa shape index (κ2) is 9.01. The van der Waals surface area contributed by atoms with Crippen molar-refractivity contribution in [1.82, 2.24) is 20.4 Å². The minimum Gasteiger partial charge on any atom is -0.497 e. The third kappa shape index (κ3) is 4.03. The van der Waals surface area contributed by atoms with Gasteiger partial charge in [0.25, 0.3) is 5.89 Å². The van der Waals surface area contributed by atoms with E-state index in [0.717, 1.165) is 46.9 Å². The zero-order valence-electron chi connectivity index (χ0n) is 17.9. The Hall–Kier alpha value is -2.75. The molecule has 2 aliphatic rings. The van der Waals surface area contributed by atoms with E-state index >= 15 is 0 Å². The smallest absolute Gasteiger partial charge is 0.258 e. The molecule has 0 amide bonds. The Morgan fingerprint density at radius 2 is 2.22 bits per heavy atom. The Morgan fingerprint density at radius 3 is 2.97 bits per heavy atom. The van der Waals surface area contributed by atoms with E-state index in [0.29, 0.717) is 23.4 Å². The maximum Gasteiger partial charge on any atom is 0.258 e. The molecule has 5 rings (SSSR count). The molecule has 0 saturated carbocycles. The Morgan fingerprint density at radius 1 is 1.31 bits per heavy atom. The highest BCUT2D eigenvalue weighted by molar-refractivity contribution is 7.80. The number of hydrogen-bond donors (Lipinski definition) is 1. The largest absolute Gasteiger partial charge is 0.497 e. The lowest BCUT2D eigenvalue weighted by atomic mass is 9.94. The van der Waals surface area contributed by atoms with Crippen LogP contribution in [0.15, 0.2) is 52.0 Å². The van der Waals surface area contributed by atoms with Gasteiger partial charge >= 0.3 is 0 Å². The number of methoxy groups -OCH3 is 1. The van der Waals surface area contributed by atoms with Crippen molar-refractivity contribution in [3.8, 4) is 16.5 Å². The lowest BCUT2D eigenvalue weighted by Crippen LogP contribution is -2.48. The standard InChI is InChI=1S/C23H24N4O3S2/c1-14-19(22-25-21(26-30-22)18-9-5-11-32-18)20(15-6-3-7-16(12-15)28-2)24-23(31)27(14)13-17-8-4-10-29-17/h3,5-7,9,11-12,17,20H,4,8,10,13H2,1-2H3,(H,24,31). The first-order chi connectivity index (χ1) is 15.6. The molecule has 7 nitrogen and oxygen atoms in total. The van der Waals surface area contributed by atoms with E-state index < -0.39 is 0 Å². The zero-order chi connectivity index (χ0) is 22.1. The number of rotatable bonds is 6. The first kappa shape index (κ1) is 21.1. The quantitative estimate of drug-likeness (QED) is 0.524. The van der Waals surface area contributed by atoms with Crippen LogP contribution in [0.25, 0.3) is 16.3 Å². The summed E-state index contributed by atoms with van der Waals surface area (Å²) < 4.78 is 17.1. The van der Waals surface area contributed by atoms with Crippen LogP contribution in [-0.2, 0) is 4.74 Å². The van der Waals surface area contributed by atoms with Gasteiger partial charge in [0.2, 0.25) is 5.82 Å². The fourth-order valence-corrected chi connectivity index (χ4v) is 5.16. The van der Waals surface area contributed by atoms with Crippen molar-refractivity contribution in [3.05, 3.63) is 58.9 Å². The molecule has 4 heterocycles. The highest BCUT2D eigenvalue weighted by atomic mass is 32.1. The maximum atomic E-state index is 5.87. The first-order valence-corrected chi connectivity index (χ1v) is 11.8. The van der Waals surface area contributed by atoms with Gasteiger partial charge in [-0.1, -0.05) is 23.4 Å². The minimum absolute atomic E-state index is 0.156. The summed E-state index contributed by atoms with van der Waals surface area (Å²) >= 11 is 7.36. The number of allylic oxidation sites excluding steroid dienone is 1. The van der Waals surface area contributed by atoms with Crippen LogP contribution < -0.4 is 10.1 Å². The highest BCUT2D eigenvalue weighted by Gasteiger charge is 2.35. The van der Waals surface area contributed by atoms with Crippen LogP contribution in [0.5, 0.6) is 5.75 Å². The fraction of sp³-hybridized carbons (Fsp3) is 0.348. The van der Waals surface area contributed by atoms with E-state index in [1.54, 1.807) is 18.4 Å². The number of thiocarbonyl (C=S) groups is 1. The Balaban J connectivity index is 1.58. The minimum atomic E-state index is -0.241. The molecule has 0 spiro atoms. The van der Waals surface area contributed by atoms with Crippen molar-refractivity contribution in [2.75, 3.05) is 20.3 Å². The monoisotopic (exact) mass is 468 g/mol. The van der Waals surface area contributed by atoms with Crippen molar-refractivity contribution in [3.63, 3.8) is 0 Å². The van der Waals surface area contributed by atoms with Gasteiger partial charge in [0.05, 0.1) is 36.3 Å². The van der Waals surface area contributed by atoms with E-state index in [1.165, 1.54) is 0 Å². The van der Waals surface area contributed by atoms with Crippen LogP contribution in [0.2, 0.25) is 0 Å². The lowest BCUT2D eigenvalue weighted by Gasteiger charge is -2.38. The topological polar surface area (TPSA) is 72.7 Å². The van der Waals surface area contributed by atoms with Gasteiger partial charge in [0, 0.05) is 12.3 Å². The molecule has 32 heavy (non-hydrogen) atoms. The van der Waals surface area contributed by atoms with Crippen LogP contribution in [0.3, 0.4) is 0 Å². The second-order valence-electron chi connectivity index (χ2n) is 7.80. The van der Waals surface area contributed by atoms with E-state index in [2.05, 4.69) is 22.3 Å². The van der Waals surface area contributed by atoms with Crippen LogP contribution in [-0.4, -0.2) is 46.5 Å². The van der Waals surface area contributed by atoms with Gasteiger partial charge in [-0.15, -0.1) is 11.3 Å². The summed E-state index contributed by atoms with van der Waals surface area (Å²) in [4.78, 5) is 7.79. The summed E-state index contributed by atoms with van der Waals surface area (Å²) in [6.45, 7) is 3.55. The van der Waals surface area contributed by atoms with Gasteiger partial charge in [0.1, 0.15) is 5.75 Å². The average Bonchev–Trinajstić information content (AvgIpc) is 3.58. The molecule has 166 valence electrons. The summed E-state index contributed by atoms with van der Waals surface area (Å²) in [5.74, 6) is 1.84. The number of nitrogens with zero attached hydrogens (tertiary/aromatic N) is 3. The maximum absolute atomic E-state index is 5.87. The molecule has 1 fully saturated rings. The van der Waals surface area contributed by atoms with E-state index in [1.807, 2.05) is 41.8 Å². The lowest BCUT2D eigenvalue weighted by molar-refractivity contribution is 0.0962. The van der Waals surface area contributed by atoms with Gasteiger partial charge in [0.15, 0.2) is 5.11 Å². The third-order valence-electron chi connectivity index (χ3n) is 5.83. The van der Waals surface area contributed by atoms with Gasteiger partial charge < -0.3 is 24.2 Å². The Kier molecular flexibility index (Phi) is 5.95. The second-order valence-corrected chi connectivity index (χ2v) is 9.14. The van der Waals surface area contributed by atoms with Gasteiger partial charge in [-0.25, -0.2) is 0 Å². The number of benzene rings is 1. The number of nitrogens with one attached hydrogen (secondary N) is 1. The van der Waals surface area contributed by atoms with E-state index in [4.69, 9.17) is 31.2 Å². The van der Waals surface area contributed by atoms with Crippen LogP contribution >= 0.6 is 23.6 Å². The third-order valence-corrected chi connectivity index (χ3v) is 7.04. The molecule has 0 aliphatic carbocycles. The van der Waals surface area contributed by atoms with Gasteiger partial charge in [-0.3, -0.25) is 0 Å². The number of thiophene rings is 1. The summed E-state index contributed by atoms with van der Waals surface area (Å²) in [6, 6.07) is 11.7. The van der Waals surface area contributed by atoms with Gasteiger partial charge in [-0.05, 0) is 61.1 Å². The normalized spacial score (nSPS) is 21.2. The molecule has 2 aliphatic heterocycles. The SMILES string of the molecule is COc1cccc(C2NC(=S)N(CC3CCCO3)C(C)=C2c2nc(-c3cccs3)no2)c1. The number of ether oxygens (including phenoxy) is 2. The molecule has 1 aromatic carbocycles. The van der Waals surface area contributed by atoms with Crippen LogP contribution in [0.4, 0.5) is 0 Å². The Labute approximate surface area is 196 Å². The predicted molar refractivity (Wildman–Crippen MR) is 127 cm³/mol. The molecule has 0 radical (unpaired) electrons. The highest BCUT2D eigenvalue weighted by Crippen LogP contribution is 2.38. The molecule has 0 bridgehead atoms.